The van der Waals surface area contributed by atoms with Gasteiger partial charge < -0.3 is 41.1 Å². The summed E-state index contributed by atoms with van der Waals surface area (Å²) in [6.07, 6.45) is 0.400. The lowest BCUT2D eigenvalue weighted by Gasteiger charge is -2.51. The maximum atomic E-state index is 14.2. The van der Waals surface area contributed by atoms with Crippen molar-refractivity contribution in [1.29, 1.82) is 0 Å². The molecule has 0 aromatic heterocycles. The molecule has 0 aliphatic heterocycles. The van der Waals surface area contributed by atoms with E-state index < -0.39 is 58.4 Å². The van der Waals surface area contributed by atoms with Gasteiger partial charge in [0.15, 0.2) is 5.78 Å². The number of fused-ring (bicyclic) bond motifs is 3. The highest BCUT2D eigenvalue weighted by Gasteiger charge is 2.62. The van der Waals surface area contributed by atoms with E-state index in [-0.39, 0.29) is 47.6 Å². The molecule has 3 aliphatic rings. The number of anilines is 1. The summed E-state index contributed by atoms with van der Waals surface area (Å²) in [5.74, 6) is -9.76. The number of Topliss-reactive ketones (excluding diaryl/α,β-unsaturated/α-hetero) is 1. The monoisotopic (exact) mass is 600 g/mol. The highest BCUT2D eigenvalue weighted by Crippen LogP contribution is 2.54. The van der Waals surface area contributed by atoms with Crippen LogP contribution in [0.1, 0.15) is 50.8 Å². The third-order valence-electron chi connectivity index (χ3n) is 8.85. The van der Waals surface area contributed by atoms with E-state index in [9.17, 15) is 39.9 Å². The number of hydrogen-bond acceptors (Lipinski definition) is 10. The van der Waals surface area contributed by atoms with Gasteiger partial charge in [-0.1, -0.05) is 20.8 Å². The summed E-state index contributed by atoms with van der Waals surface area (Å²) < 4.78 is 0. The number of amides is 2. The largest absolute Gasteiger partial charge is 0.510 e. The Bertz CT molecular complexity index is 1440. The number of hydrogen-bond donors (Lipinski definition) is 6. The molecule has 4 atom stereocenters. The number of benzene rings is 1. The zero-order chi connectivity index (χ0) is 32.5. The van der Waals surface area contributed by atoms with E-state index in [4.69, 9.17) is 5.73 Å². The molecule has 4 rings (SSSR count). The first kappa shape index (κ1) is 32.3. The molecule has 43 heavy (non-hydrogen) atoms. The lowest BCUT2D eigenvalue weighted by atomic mass is 9.58. The van der Waals surface area contributed by atoms with Crippen molar-refractivity contribution in [3.05, 3.63) is 39.7 Å². The normalized spacial score (nSPS) is 24.9. The number of carbonyl (C=O) groups excluding carboxylic acids is 3. The Morgan fingerprint density at radius 3 is 2.19 bits per heavy atom. The highest BCUT2D eigenvalue weighted by molar-refractivity contribution is 6.08. The number of aliphatic hydroxyl groups excluding tert-OH is 2. The van der Waals surface area contributed by atoms with Gasteiger partial charge in [0.25, 0.3) is 5.91 Å². The number of nitrogens with two attached hydrogens (primary N) is 1. The fourth-order valence-corrected chi connectivity index (χ4v) is 7.23. The zero-order valence-electron chi connectivity index (χ0n) is 26.1. The van der Waals surface area contributed by atoms with E-state index in [2.05, 4.69) is 0 Å². The Hall–Kier alpha value is -3.61. The summed E-state index contributed by atoms with van der Waals surface area (Å²) in [6.45, 7) is 7.90. The van der Waals surface area contributed by atoms with Crippen LogP contribution in [-0.4, -0.2) is 99.5 Å². The standard InChI is InChI=1S/C31H44N4O8/c1-14(36)35(13-30(2,3)4)12-16-11-19(33(5)6)17-9-15-10-18-22(27(39)20(15)26(38)21(17)25(16)37)31(42,43)23(29(32)41)28(40)24(18)34(7)8/h11,15,18,22,24,37-38,40,42-43H,9-10,12-13H2,1-8H3,(H2,32,41). The fourth-order valence-electron chi connectivity index (χ4n) is 7.23. The molecule has 1 aromatic carbocycles. The number of phenols is 1. The second kappa shape index (κ2) is 10.8. The molecule has 0 bridgehead atoms. The molecule has 0 radical (unpaired) electrons. The maximum Gasteiger partial charge on any atom is 0.253 e. The molecule has 12 heteroatoms. The fraction of sp³-hybridized carbons (Fsp3) is 0.581. The molecule has 3 aliphatic carbocycles. The minimum atomic E-state index is -3.09. The molecule has 0 heterocycles. The van der Waals surface area contributed by atoms with E-state index in [0.717, 1.165) is 0 Å². The van der Waals surface area contributed by atoms with Gasteiger partial charge in [0.1, 0.15) is 22.8 Å². The van der Waals surface area contributed by atoms with Crippen LogP contribution in [0.25, 0.3) is 5.76 Å². The number of rotatable bonds is 6. The summed E-state index contributed by atoms with van der Waals surface area (Å²) >= 11 is 0. The van der Waals surface area contributed by atoms with Crippen LogP contribution in [-0.2, 0) is 27.3 Å². The summed E-state index contributed by atoms with van der Waals surface area (Å²) in [4.78, 5) is 44.0. The average molecular weight is 601 g/mol. The average Bonchev–Trinajstić information content (AvgIpc) is 2.82. The third kappa shape index (κ3) is 5.36. The summed E-state index contributed by atoms with van der Waals surface area (Å²) in [5, 5.41) is 56.6. The zero-order valence-corrected chi connectivity index (χ0v) is 26.1. The third-order valence-corrected chi connectivity index (χ3v) is 8.85. The summed E-state index contributed by atoms with van der Waals surface area (Å²) in [5.41, 5.74) is 5.98. The van der Waals surface area contributed by atoms with Gasteiger partial charge in [-0.25, -0.2) is 0 Å². The lowest BCUT2D eigenvalue weighted by molar-refractivity contribution is -0.203. The van der Waals surface area contributed by atoms with Gasteiger partial charge in [-0.3, -0.25) is 19.3 Å². The summed E-state index contributed by atoms with van der Waals surface area (Å²) in [6, 6.07) is 0.862. The number of phenolic OH excluding ortho intramolecular Hbond substituents is 1. The minimum Gasteiger partial charge on any atom is -0.510 e. The van der Waals surface area contributed by atoms with Gasteiger partial charge in [-0.2, -0.15) is 0 Å². The molecule has 1 fully saturated rings. The van der Waals surface area contributed by atoms with Crippen molar-refractivity contribution in [2.75, 3.05) is 39.6 Å². The first-order valence-electron chi connectivity index (χ1n) is 14.3. The number of aliphatic hydroxyl groups is 4. The second-order valence-electron chi connectivity index (χ2n) is 13.8. The van der Waals surface area contributed by atoms with E-state index in [0.29, 0.717) is 23.4 Å². The van der Waals surface area contributed by atoms with Crippen LogP contribution in [0.2, 0.25) is 0 Å². The van der Waals surface area contributed by atoms with Crippen molar-refractivity contribution in [2.45, 2.75) is 58.9 Å². The van der Waals surface area contributed by atoms with Gasteiger partial charge in [0, 0.05) is 50.9 Å². The van der Waals surface area contributed by atoms with Gasteiger partial charge in [-0.15, -0.1) is 0 Å². The molecule has 1 saturated carbocycles. The smallest absolute Gasteiger partial charge is 0.253 e. The summed E-state index contributed by atoms with van der Waals surface area (Å²) in [7, 11) is 6.90. The van der Waals surface area contributed by atoms with Crippen molar-refractivity contribution < 1.29 is 39.9 Å². The van der Waals surface area contributed by atoms with Crippen molar-refractivity contribution in [2.24, 2.45) is 28.9 Å². The van der Waals surface area contributed by atoms with Gasteiger partial charge >= 0.3 is 0 Å². The first-order chi connectivity index (χ1) is 19.7. The number of ketones is 1. The Kier molecular flexibility index (Phi) is 8.14. The Labute approximate surface area is 251 Å². The van der Waals surface area contributed by atoms with Crippen LogP contribution < -0.4 is 10.6 Å². The van der Waals surface area contributed by atoms with Crippen LogP contribution in [0.5, 0.6) is 5.75 Å². The quantitative estimate of drug-likeness (QED) is 0.261. The number of primary amides is 1. The highest BCUT2D eigenvalue weighted by atomic mass is 16.5. The Morgan fingerprint density at radius 2 is 1.70 bits per heavy atom. The SMILES string of the molecule is CC(=O)N(Cc1cc(N(C)C)c2c(c1O)C(O)=C1C(=O)C3C(CC1C2)C(N(C)C)C(O)=C(C(N)=O)C3(O)O)CC(C)(C)C. The van der Waals surface area contributed by atoms with E-state index in [1.807, 2.05) is 39.8 Å². The molecule has 2 amide bonds. The molecule has 7 N–H and O–H groups in total. The molecular formula is C31H44N4O8. The van der Waals surface area contributed by atoms with Crippen molar-refractivity contribution in [3.8, 4) is 5.75 Å². The Balaban J connectivity index is 1.91. The molecular weight excluding hydrogens is 556 g/mol. The van der Waals surface area contributed by atoms with E-state index >= 15 is 0 Å². The van der Waals surface area contributed by atoms with Gasteiger partial charge in [0.2, 0.25) is 11.7 Å². The first-order valence-corrected chi connectivity index (χ1v) is 14.3. The van der Waals surface area contributed by atoms with Crippen molar-refractivity contribution in [1.82, 2.24) is 9.80 Å². The van der Waals surface area contributed by atoms with Crippen LogP contribution in [0, 0.1) is 23.2 Å². The van der Waals surface area contributed by atoms with Gasteiger partial charge in [0.05, 0.1) is 17.5 Å². The molecule has 0 spiro atoms. The minimum absolute atomic E-state index is 0.0495. The second-order valence-corrected chi connectivity index (χ2v) is 13.8. The molecule has 0 saturated heterocycles. The number of likely N-dealkylation sites (N-methyl/N-ethyl adjacent to an activating group) is 1. The van der Waals surface area contributed by atoms with Crippen LogP contribution >= 0.6 is 0 Å². The number of allylic oxidation sites excluding steroid dienone is 1. The lowest BCUT2D eigenvalue weighted by Crippen LogP contribution is -2.62. The Morgan fingerprint density at radius 1 is 1.09 bits per heavy atom. The maximum absolute atomic E-state index is 14.2. The van der Waals surface area contributed by atoms with E-state index in [1.165, 1.54) is 6.92 Å². The number of carbonyl (C=O) groups is 3. The van der Waals surface area contributed by atoms with Crippen LogP contribution in [0.15, 0.2) is 23.0 Å². The van der Waals surface area contributed by atoms with Crippen LogP contribution in [0.4, 0.5) is 5.69 Å². The number of aromatic hydroxyl groups is 1. The molecule has 236 valence electrons. The van der Waals surface area contributed by atoms with Crippen molar-refractivity contribution in [3.63, 3.8) is 0 Å². The van der Waals surface area contributed by atoms with Gasteiger partial charge in [-0.05, 0) is 55.8 Å². The number of nitrogens with zero attached hydrogens (tertiary/aromatic N) is 3. The molecule has 1 aromatic rings. The topological polar surface area (TPSA) is 188 Å². The van der Waals surface area contributed by atoms with Crippen LogP contribution in [0.3, 0.4) is 0 Å². The predicted octanol–water partition coefficient (Wildman–Crippen LogP) is 1.42. The molecule has 4 unspecified atom stereocenters. The van der Waals surface area contributed by atoms with E-state index in [1.54, 1.807) is 30.0 Å². The predicted molar refractivity (Wildman–Crippen MR) is 160 cm³/mol. The van der Waals surface area contributed by atoms with Crippen molar-refractivity contribution >= 4 is 29.0 Å². The molecule has 12 nitrogen and oxygen atoms in total.